The third-order valence-corrected chi connectivity index (χ3v) is 3.11. The van der Waals surface area contributed by atoms with E-state index in [9.17, 15) is 14.9 Å². The Morgan fingerprint density at radius 3 is 2.95 bits per heavy atom. The van der Waals surface area contributed by atoms with Crippen molar-refractivity contribution in [1.29, 1.82) is 0 Å². The molecule has 0 saturated carbocycles. The van der Waals surface area contributed by atoms with Gasteiger partial charge < -0.3 is 0 Å². The van der Waals surface area contributed by atoms with Crippen LogP contribution in [0.25, 0.3) is 0 Å². The third-order valence-electron chi connectivity index (χ3n) is 2.79. The SMILES string of the molecule is CCCCn1nnc(NC(=O)c2ccc(Cl)c([N+](=O)[O-])c2)n1. The van der Waals surface area contributed by atoms with Gasteiger partial charge in [0.1, 0.15) is 5.02 Å². The van der Waals surface area contributed by atoms with Gasteiger partial charge in [0.25, 0.3) is 17.5 Å². The van der Waals surface area contributed by atoms with Crippen LogP contribution in [-0.4, -0.2) is 31.0 Å². The Morgan fingerprint density at radius 1 is 1.50 bits per heavy atom. The molecule has 0 aliphatic carbocycles. The fourth-order valence-corrected chi connectivity index (χ4v) is 1.84. The summed E-state index contributed by atoms with van der Waals surface area (Å²) in [6.07, 6.45) is 1.88. The number of hydrogen-bond acceptors (Lipinski definition) is 6. The maximum atomic E-state index is 12.0. The summed E-state index contributed by atoms with van der Waals surface area (Å²) in [5.41, 5.74) is -0.255. The molecule has 10 heteroatoms. The number of anilines is 1. The quantitative estimate of drug-likeness (QED) is 0.643. The molecule has 1 aromatic carbocycles. The van der Waals surface area contributed by atoms with Crippen molar-refractivity contribution in [1.82, 2.24) is 20.2 Å². The van der Waals surface area contributed by atoms with E-state index in [4.69, 9.17) is 11.6 Å². The summed E-state index contributed by atoms with van der Waals surface area (Å²) in [7, 11) is 0. The first-order valence-electron chi connectivity index (χ1n) is 6.54. The maximum Gasteiger partial charge on any atom is 0.288 e. The van der Waals surface area contributed by atoms with Crippen molar-refractivity contribution in [2.45, 2.75) is 26.3 Å². The molecule has 0 atom stereocenters. The van der Waals surface area contributed by atoms with Gasteiger partial charge in [-0.1, -0.05) is 30.0 Å². The van der Waals surface area contributed by atoms with Gasteiger partial charge >= 0.3 is 0 Å². The second kappa shape index (κ2) is 6.94. The standard InChI is InChI=1S/C12H13ClN6O3/c1-2-3-6-18-16-12(15-17-18)14-11(20)8-4-5-9(13)10(7-8)19(21)22/h4-5,7H,2-3,6H2,1H3,(H,14,16,20). The first-order valence-corrected chi connectivity index (χ1v) is 6.92. The van der Waals surface area contributed by atoms with Gasteiger partial charge in [-0.25, -0.2) is 0 Å². The zero-order valence-electron chi connectivity index (χ0n) is 11.7. The molecule has 0 unspecified atom stereocenters. The van der Waals surface area contributed by atoms with E-state index in [2.05, 4.69) is 20.7 Å². The molecule has 1 amide bonds. The fourth-order valence-electron chi connectivity index (χ4n) is 1.66. The van der Waals surface area contributed by atoms with Crippen molar-refractivity contribution < 1.29 is 9.72 Å². The predicted octanol–water partition coefficient (Wildman–Crippen LogP) is 2.29. The normalized spacial score (nSPS) is 10.5. The second-order valence-corrected chi connectivity index (χ2v) is 4.85. The number of amides is 1. The van der Waals surface area contributed by atoms with Gasteiger partial charge in [0.15, 0.2) is 0 Å². The van der Waals surface area contributed by atoms with Crippen LogP contribution in [0.15, 0.2) is 18.2 Å². The van der Waals surface area contributed by atoms with Crippen LogP contribution in [0.5, 0.6) is 0 Å². The number of carbonyl (C=O) groups excluding carboxylic acids is 1. The number of nitrogens with one attached hydrogen (secondary N) is 1. The lowest BCUT2D eigenvalue weighted by molar-refractivity contribution is -0.384. The Kier molecular flexibility index (Phi) is 4.99. The minimum Gasteiger partial charge on any atom is -0.288 e. The molecule has 0 bridgehead atoms. The van der Waals surface area contributed by atoms with E-state index in [0.717, 1.165) is 18.9 Å². The number of aryl methyl sites for hydroxylation is 1. The Hall–Kier alpha value is -2.55. The van der Waals surface area contributed by atoms with Crippen molar-refractivity contribution in [3.8, 4) is 0 Å². The number of carbonyl (C=O) groups is 1. The number of aromatic nitrogens is 4. The number of benzene rings is 1. The molecule has 9 nitrogen and oxygen atoms in total. The molecule has 1 N–H and O–H groups in total. The molecule has 0 fully saturated rings. The molecule has 2 rings (SSSR count). The van der Waals surface area contributed by atoms with E-state index in [1.54, 1.807) is 0 Å². The Labute approximate surface area is 130 Å². The lowest BCUT2D eigenvalue weighted by Crippen LogP contribution is -2.13. The van der Waals surface area contributed by atoms with E-state index in [0.29, 0.717) is 6.54 Å². The lowest BCUT2D eigenvalue weighted by Gasteiger charge is -2.01. The van der Waals surface area contributed by atoms with Crippen molar-refractivity contribution >= 4 is 29.1 Å². The number of unbranched alkanes of at least 4 members (excludes halogenated alkanes) is 1. The largest absolute Gasteiger partial charge is 0.288 e. The van der Waals surface area contributed by atoms with Crippen molar-refractivity contribution in [3.63, 3.8) is 0 Å². The van der Waals surface area contributed by atoms with Gasteiger partial charge in [0.05, 0.1) is 11.5 Å². The van der Waals surface area contributed by atoms with Crippen molar-refractivity contribution in [2.75, 3.05) is 5.32 Å². The lowest BCUT2D eigenvalue weighted by atomic mass is 10.2. The van der Waals surface area contributed by atoms with Crippen LogP contribution in [0.4, 0.5) is 11.6 Å². The van der Waals surface area contributed by atoms with Crippen LogP contribution in [0.1, 0.15) is 30.1 Å². The van der Waals surface area contributed by atoms with Gasteiger partial charge in [-0.3, -0.25) is 20.2 Å². The number of tetrazole rings is 1. The number of nitrogens with zero attached hydrogens (tertiary/aromatic N) is 5. The van der Waals surface area contributed by atoms with Crippen LogP contribution >= 0.6 is 11.6 Å². The number of nitro groups is 1. The summed E-state index contributed by atoms with van der Waals surface area (Å²) in [5.74, 6) is -0.534. The summed E-state index contributed by atoms with van der Waals surface area (Å²) < 4.78 is 0. The van der Waals surface area contributed by atoms with Crippen LogP contribution < -0.4 is 5.32 Å². The summed E-state index contributed by atoms with van der Waals surface area (Å²) in [4.78, 5) is 23.6. The average molecular weight is 325 g/mol. The molecule has 0 saturated heterocycles. The minimum absolute atomic E-state index is 0.0369. The van der Waals surface area contributed by atoms with E-state index in [1.165, 1.54) is 16.9 Å². The van der Waals surface area contributed by atoms with E-state index < -0.39 is 10.8 Å². The van der Waals surface area contributed by atoms with Crippen LogP contribution in [0.3, 0.4) is 0 Å². The maximum absolute atomic E-state index is 12.0. The van der Waals surface area contributed by atoms with Gasteiger partial charge in [0, 0.05) is 11.6 Å². The zero-order chi connectivity index (χ0) is 16.1. The summed E-state index contributed by atoms with van der Waals surface area (Å²) in [5, 5.41) is 24.7. The molecule has 0 radical (unpaired) electrons. The van der Waals surface area contributed by atoms with Crippen molar-refractivity contribution in [2.24, 2.45) is 0 Å². The Bertz CT molecular complexity index is 702. The minimum atomic E-state index is -0.654. The summed E-state index contributed by atoms with van der Waals surface area (Å²) >= 11 is 5.70. The van der Waals surface area contributed by atoms with Gasteiger partial charge in [-0.2, -0.15) is 4.80 Å². The molecule has 0 spiro atoms. The molecule has 1 aromatic heterocycles. The first-order chi connectivity index (χ1) is 10.5. The predicted molar refractivity (Wildman–Crippen MR) is 78.8 cm³/mol. The second-order valence-electron chi connectivity index (χ2n) is 4.44. The highest BCUT2D eigenvalue weighted by atomic mass is 35.5. The molecular weight excluding hydrogens is 312 g/mol. The van der Waals surface area contributed by atoms with Crippen LogP contribution in [0, 0.1) is 10.1 Å². The van der Waals surface area contributed by atoms with E-state index in [-0.39, 0.29) is 22.2 Å². The zero-order valence-corrected chi connectivity index (χ0v) is 12.4. The number of nitro benzene ring substituents is 1. The summed E-state index contributed by atoms with van der Waals surface area (Å²) in [6, 6.07) is 3.77. The molecule has 0 aliphatic rings. The number of rotatable bonds is 6. The van der Waals surface area contributed by atoms with E-state index in [1.807, 2.05) is 6.92 Å². The Morgan fingerprint density at radius 2 is 2.27 bits per heavy atom. The molecule has 2 aromatic rings. The van der Waals surface area contributed by atoms with Gasteiger partial charge in [0.2, 0.25) is 0 Å². The highest BCUT2D eigenvalue weighted by Gasteiger charge is 2.17. The monoisotopic (exact) mass is 324 g/mol. The average Bonchev–Trinajstić information content (AvgIpc) is 2.92. The highest BCUT2D eigenvalue weighted by Crippen LogP contribution is 2.25. The molecule has 0 aliphatic heterocycles. The third kappa shape index (κ3) is 3.76. The highest BCUT2D eigenvalue weighted by molar-refractivity contribution is 6.32. The molecule has 1 heterocycles. The molecule has 22 heavy (non-hydrogen) atoms. The van der Waals surface area contributed by atoms with Gasteiger partial charge in [-0.15, -0.1) is 5.10 Å². The van der Waals surface area contributed by atoms with Crippen LogP contribution in [-0.2, 0) is 6.54 Å². The topological polar surface area (TPSA) is 116 Å². The van der Waals surface area contributed by atoms with E-state index >= 15 is 0 Å². The number of halogens is 1. The molecular formula is C12H13ClN6O3. The first kappa shape index (κ1) is 15.8. The Balaban J connectivity index is 2.10. The summed E-state index contributed by atoms with van der Waals surface area (Å²) in [6.45, 7) is 2.64. The number of hydrogen-bond donors (Lipinski definition) is 1. The smallest absolute Gasteiger partial charge is 0.288 e. The molecule has 116 valence electrons. The van der Waals surface area contributed by atoms with Crippen molar-refractivity contribution in [3.05, 3.63) is 38.9 Å². The van der Waals surface area contributed by atoms with Crippen LogP contribution in [0.2, 0.25) is 5.02 Å². The fraction of sp³-hybridized carbons (Fsp3) is 0.333. The van der Waals surface area contributed by atoms with Gasteiger partial charge in [-0.05, 0) is 23.8 Å².